The first-order chi connectivity index (χ1) is 8.75. The molecular formula is C15H21N3. The molecule has 96 valence electrons. The van der Waals surface area contributed by atoms with Gasteiger partial charge in [0.05, 0.1) is 5.69 Å². The van der Waals surface area contributed by atoms with Crippen molar-refractivity contribution >= 4 is 0 Å². The summed E-state index contributed by atoms with van der Waals surface area (Å²) in [6.45, 7) is 7.16. The molecule has 0 saturated carbocycles. The number of rotatable bonds is 6. The van der Waals surface area contributed by atoms with Crippen molar-refractivity contribution in [1.82, 2.24) is 15.1 Å². The SMILES string of the molecule is CC(C)Cn1nccc1CNCc1ccccc1. The van der Waals surface area contributed by atoms with Crippen LogP contribution in [0.1, 0.15) is 25.1 Å². The molecule has 0 saturated heterocycles. The lowest BCUT2D eigenvalue weighted by Crippen LogP contribution is -2.17. The molecule has 3 heteroatoms. The Morgan fingerprint density at radius 3 is 2.61 bits per heavy atom. The van der Waals surface area contributed by atoms with E-state index in [1.165, 1.54) is 11.3 Å². The van der Waals surface area contributed by atoms with Crippen molar-refractivity contribution in [2.75, 3.05) is 0 Å². The summed E-state index contributed by atoms with van der Waals surface area (Å²) in [6.07, 6.45) is 1.88. The van der Waals surface area contributed by atoms with Crippen LogP contribution in [-0.2, 0) is 19.6 Å². The Morgan fingerprint density at radius 1 is 1.11 bits per heavy atom. The lowest BCUT2D eigenvalue weighted by Gasteiger charge is -2.10. The Hall–Kier alpha value is -1.61. The average molecular weight is 243 g/mol. The topological polar surface area (TPSA) is 29.9 Å². The molecule has 0 aliphatic carbocycles. The lowest BCUT2D eigenvalue weighted by molar-refractivity contribution is 0.461. The molecule has 18 heavy (non-hydrogen) atoms. The van der Waals surface area contributed by atoms with E-state index in [9.17, 15) is 0 Å². The van der Waals surface area contributed by atoms with Crippen LogP contribution in [0, 0.1) is 5.92 Å². The average Bonchev–Trinajstić information content (AvgIpc) is 2.77. The molecule has 0 aliphatic rings. The number of nitrogens with zero attached hydrogens (tertiary/aromatic N) is 2. The molecule has 0 fully saturated rings. The third-order valence-electron chi connectivity index (χ3n) is 2.82. The van der Waals surface area contributed by atoms with Gasteiger partial charge in [0.2, 0.25) is 0 Å². The van der Waals surface area contributed by atoms with Crippen LogP contribution >= 0.6 is 0 Å². The van der Waals surface area contributed by atoms with Crippen LogP contribution in [-0.4, -0.2) is 9.78 Å². The molecule has 0 radical (unpaired) electrons. The molecule has 2 rings (SSSR count). The van der Waals surface area contributed by atoms with Crippen LogP contribution in [0.5, 0.6) is 0 Å². The van der Waals surface area contributed by atoms with Gasteiger partial charge in [-0.3, -0.25) is 4.68 Å². The van der Waals surface area contributed by atoms with E-state index in [2.05, 4.69) is 59.3 Å². The number of hydrogen-bond donors (Lipinski definition) is 1. The van der Waals surface area contributed by atoms with E-state index in [0.717, 1.165) is 19.6 Å². The van der Waals surface area contributed by atoms with Crippen molar-refractivity contribution in [1.29, 1.82) is 0 Å². The van der Waals surface area contributed by atoms with Gasteiger partial charge in [-0.1, -0.05) is 44.2 Å². The van der Waals surface area contributed by atoms with E-state index in [1.807, 2.05) is 12.3 Å². The summed E-state index contributed by atoms with van der Waals surface area (Å²) >= 11 is 0. The van der Waals surface area contributed by atoms with Crippen LogP contribution < -0.4 is 5.32 Å². The van der Waals surface area contributed by atoms with Gasteiger partial charge in [-0.2, -0.15) is 5.10 Å². The Morgan fingerprint density at radius 2 is 1.89 bits per heavy atom. The van der Waals surface area contributed by atoms with Crippen molar-refractivity contribution < 1.29 is 0 Å². The molecule has 0 unspecified atom stereocenters. The minimum atomic E-state index is 0.623. The highest BCUT2D eigenvalue weighted by atomic mass is 15.3. The monoisotopic (exact) mass is 243 g/mol. The first-order valence-corrected chi connectivity index (χ1v) is 6.51. The molecule has 0 atom stereocenters. The van der Waals surface area contributed by atoms with Gasteiger partial charge < -0.3 is 5.32 Å². The summed E-state index contributed by atoms with van der Waals surface area (Å²) in [5.74, 6) is 0.623. The zero-order chi connectivity index (χ0) is 12.8. The number of hydrogen-bond acceptors (Lipinski definition) is 2. The highest BCUT2D eigenvalue weighted by molar-refractivity contribution is 5.14. The molecule has 0 aliphatic heterocycles. The first kappa shape index (κ1) is 12.8. The van der Waals surface area contributed by atoms with E-state index in [0.29, 0.717) is 5.92 Å². The van der Waals surface area contributed by atoms with Crippen LogP contribution in [0.15, 0.2) is 42.6 Å². The van der Waals surface area contributed by atoms with Crippen LogP contribution in [0.2, 0.25) is 0 Å². The Kier molecular flexibility index (Phi) is 4.53. The van der Waals surface area contributed by atoms with Gasteiger partial charge in [-0.15, -0.1) is 0 Å². The summed E-state index contributed by atoms with van der Waals surface area (Å²) in [5.41, 5.74) is 2.56. The van der Waals surface area contributed by atoms with Crippen molar-refractivity contribution in [3.63, 3.8) is 0 Å². The summed E-state index contributed by atoms with van der Waals surface area (Å²) in [5, 5.41) is 7.82. The number of nitrogens with one attached hydrogen (secondary N) is 1. The van der Waals surface area contributed by atoms with Crippen molar-refractivity contribution in [3.8, 4) is 0 Å². The van der Waals surface area contributed by atoms with E-state index in [4.69, 9.17) is 0 Å². The van der Waals surface area contributed by atoms with E-state index in [-0.39, 0.29) is 0 Å². The third-order valence-corrected chi connectivity index (χ3v) is 2.82. The molecular weight excluding hydrogens is 222 g/mol. The predicted octanol–water partition coefficient (Wildman–Crippen LogP) is 2.83. The Labute approximate surface area is 109 Å². The maximum Gasteiger partial charge on any atom is 0.0522 e. The van der Waals surface area contributed by atoms with Gasteiger partial charge in [0.25, 0.3) is 0 Å². The van der Waals surface area contributed by atoms with Gasteiger partial charge in [-0.05, 0) is 17.5 Å². The molecule has 0 spiro atoms. The van der Waals surface area contributed by atoms with Gasteiger partial charge in [-0.25, -0.2) is 0 Å². The molecule has 1 N–H and O–H groups in total. The van der Waals surface area contributed by atoms with Crippen molar-refractivity contribution in [2.45, 2.75) is 33.5 Å². The fourth-order valence-corrected chi connectivity index (χ4v) is 1.95. The molecule has 1 heterocycles. The van der Waals surface area contributed by atoms with Gasteiger partial charge in [0.15, 0.2) is 0 Å². The maximum atomic E-state index is 4.36. The predicted molar refractivity (Wildman–Crippen MR) is 74.1 cm³/mol. The quantitative estimate of drug-likeness (QED) is 0.845. The summed E-state index contributed by atoms with van der Waals surface area (Å²) in [6, 6.07) is 12.5. The second-order valence-corrected chi connectivity index (χ2v) is 4.99. The van der Waals surface area contributed by atoms with Gasteiger partial charge in [0, 0.05) is 25.8 Å². The summed E-state index contributed by atoms with van der Waals surface area (Å²) in [7, 11) is 0. The fraction of sp³-hybridized carbons (Fsp3) is 0.400. The summed E-state index contributed by atoms with van der Waals surface area (Å²) in [4.78, 5) is 0. The second-order valence-electron chi connectivity index (χ2n) is 4.99. The fourth-order valence-electron chi connectivity index (χ4n) is 1.95. The highest BCUT2D eigenvalue weighted by Crippen LogP contribution is 2.04. The third kappa shape index (κ3) is 3.70. The molecule has 0 amide bonds. The molecule has 3 nitrogen and oxygen atoms in total. The summed E-state index contributed by atoms with van der Waals surface area (Å²) < 4.78 is 2.09. The zero-order valence-corrected chi connectivity index (χ0v) is 11.1. The highest BCUT2D eigenvalue weighted by Gasteiger charge is 2.03. The van der Waals surface area contributed by atoms with Crippen molar-refractivity contribution in [3.05, 3.63) is 53.9 Å². The van der Waals surface area contributed by atoms with Crippen LogP contribution in [0.4, 0.5) is 0 Å². The molecule has 2 aromatic rings. The first-order valence-electron chi connectivity index (χ1n) is 6.51. The van der Waals surface area contributed by atoms with Gasteiger partial charge in [0.1, 0.15) is 0 Å². The van der Waals surface area contributed by atoms with Crippen LogP contribution in [0.25, 0.3) is 0 Å². The van der Waals surface area contributed by atoms with Gasteiger partial charge >= 0.3 is 0 Å². The van der Waals surface area contributed by atoms with E-state index < -0.39 is 0 Å². The standard InChI is InChI=1S/C15H21N3/c1-13(2)12-18-15(8-9-17-18)11-16-10-14-6-4-3-5-7-14/h3-9,13,16H,10-12H2,1-2H3. The molecule has 1 aromatic heterocycles. The number of benzene rings is 1. The largest absolute Gasteiger partial charge is 0.307 e. The zero-order valence-electron chi connectivity index (χ0n) is 11.1. The maximum absolute atomic E-state index is 4.36. The molecule has 1 aromatic carbocycles. The van der Waals surface area contributed by atoms with E-state index in [1.54, 1.807) is 0 Å². The number of aromatic nitrogens is 2. The minimum Gasteiger partial charge on any atom is -0.307 e. The minimum absolute atomic E-state index is 0.623. The Balaban J connectivity index is 1.85. The van der Waals surface area contributed by atoms with Crippen LogP contribution in [0.3, 0.4) is 0 Å². The normalized spacial score (nSPS) is 11.1. The smallest absolute Gasteiger partial charge is 0.0522 e. The lowest BCUT2D eigenvalue weighted by atomic mass is 10.2. The van der Waals surface area contributed by atoms with Crippen molar-refractivity contribution in [2.24, 2.45) is 5.92 Å². The second kappa shape index (κ2) is 6.36. The van der Waals surface area contributed by atoms with E-state index >= 15 is 0 Å². The molecule has 0 bridgehead atoms. The Bertz CT molecular complexity index is 460.